The molecule has 0 spiro atoms. The number of carbonyl (C=O) groups is 1. The zero-order valence-corrected chi connectivity index (χ0v) is 9.47. The van der Waals surface area contributed by atoms with Crippen molar-refractivity contribution in [2.45, 2.75) is 13.5 Å². The Morgan fingerprint density at radius 1 is 1.65 bits per heavy atom. The molecule has 0 radical (unpaired) electrons. The van der Waals surface area contributed by atoms with Gasteiger partial charge in [-0.25, -0.2) is 0 Å². The summed E-state index contributed by atoms with van der Waals surface area (Å²) >= 11 is 0. The zero-order valence-electron chi connectivity index (χ0n) is 9.47. The maximum Gasteiger partial charge on any atom is 0.256 e. The molecule has 0 fully saturated rings. The van der Waals surface area contributed by atoms with Crippen LogP contribution in [0.5, 0.6) is 0 Å². The van der Waals surface area contributed by atoms with Crippen LogP contribution in [-0.4, -0.2) is 32.4 Å². The SMILES string of the molecule is Cc1[nH]nc(N)c1C(=O)NCCn1cccn1. The van der Waals surface area contributed by atoms with Crippen LogP contribution in [0.3, 0.4) is 0 Å². The molecule has 2 aromatic heterocycles. The Kier molecular flexibility index (Phi) is 3.08. The minimum absolute atomic E-state index is 0.221. The van der Waals surface area contributed by atoms with Gasteiger partial charge in [0.1, 0.15) is 5.56 Å². The molecule has 0 aliphatic rings. The largest absolute Gasteiger partial charge is 0.382 e. The lowest BCUT2D eigenvalue weighted by atomic mass is 10.2. The van der Waals surface area contributed by atoms with Gasteiger partial charge in [-0.3, -0.25) is 14.6 Å². The number of hydrogen-bond acceptors (Lipinski definition) is 4. The monoisotopic (exact) mass is 234 g/mol. The number of anilines is 1. The van der Waals surface area contributed by atoms with Gasteiger partial charge in [0.15, 0.2) is 5.82 Å². The molecular weight excluding hydrogens is 220 g/mol. The molecule has 90 valence electrons. The van der Waals surface area contributed by atoms with Crippen LogP contribution in [0.1, 0.15) is 16.1 Å². The molecule has 0 aromatic carbocycles. The highest BCUT2D eigenvalue weighted by molar-refractivity contribution is 5.99. The number of nitrogens with two attached hydrogens (primary N) is 1. The van der Waals surface area contributed by atoms with E-state index in [0.717, 1.165) is 0 Å². The second-order valence-corrected chi connectivity index (χ2v) is 3.63. The number of aromatic nitrogens is 4. The molecule has 17 heavy (non-hydrogen) atoms. The first-order valence-corrected chi connectivity index (χ1v) is 5.24. The molecule has 0 unspecified atom stereocenters. The van der Waals surface area contributed by atoms with E-state index in [0.29, 0.717) is 24.3 Å². The number of rotatable bonds is 4. The second kappa shape index (κ2) is 4.69. The summed E-state index contributed by atoms with van der Waals surface area (Å²) in [6.45, 7) is 2.87. The van der Waals surface area contributed by atoms with Crippen molar-refractivity contribution in [3.63, 3.8) is 0 Å². The summed E-state index contributed by atoms with van der Waals surface area (Å²) in [6.07, 6.45) is 3.53. The summed E-state index contributed by atoms with van der Waals surface area (Å²) in [4.78, 5) is 11.8. The first kappa shape index (κ1) is 11.2. The third-order valence-electron chi connectivity index (χ3n) is 2.39. The average molecular weight is 234 g/mol. The molecular formula is C10H14N6O. The van der Waals surface area contributed by atoms with Gasteiger partial charge in [0, 0.05) is 24.6 Å². The molecule has 2 heterocycles. The fraction of sp³-hybridized carbons (Fsp3) is 0.300. The van der Waals surface area contributed by atoms with Crippen LogP contribution in [0, 0.1) is 6.92 Å². The Morgan fingerprint density at radius 2 is 2.47 bits per heavy atom. The molecule has 0 aliphatic carbocycles. The number of nitrogen functional groups attached to an aromatic ring is 1. The molecule has 2 rings (SSSR count). The van der Waals surface area contributed by atoms with E-state index in [1.165, 1.54) is 0 Å². The van der Waals surface area contributed by atoms with Crippen LogP contribution in [0.4, 0.5) is 5.82 Å². The normalized spacial score (nSPS) is 10.4. The van der Waals surface area contributed by atoms with Crippen LogP contribution in [-0.2, 0) is 6.54 Å². The van der Waals surface area contributed by atoms with Crippen molar-refractivity contribution in [1.82, 2.24) is 25.3 Å². The second-order valence-electron chi connectivity index (χ2n) is 3.63. The quantitative estimate of drug-likeness (QED) is 0.689. The lowest BCUT2D eigenvalue weighted by Crippen LogP contribution is -2.28. The topological polar surface area (TPSA) is 102 Å². The van der Waals surface area contributed by atoms with Crippen LogP contribution in [0.25, 0.3) is 0 Å². The summed E-state index contributed by atoms with van der Waals surface area (Å²) in [6, 6.07) is 1.83. The number of aryl methyl sites for hydroxylation is 1. The van der Waals surface area contributed by atoms with E-state index in [2.05, 4.69) is 20.6 Å². The minimum atomic E-state index is -0.221. The predicted octanol–water partition coefficient (Wildman–Crippen LogP) is -0.0732. The number of nitrogens with one attached hydrogen (secondary N) is 2. The highest BCUT2D eigenvalue weighted by Gasteiger charge is 2.15. The number of nitrogens with zero attached hydrogens (tertiary/aromatic N) is 3. The Hall–Kier alpha value is -2.31. The summed E-state index contributed by atoms with van der Waals surface area (Å²) in [5.41, 5.74) is 6.66. The molecule has 4 N–H and O–H groups in total. The number of carbonyl (C=O) groups excluding carboxylic acids is 1. The number of aromatic amines is 1. The molecule has 0 atom stereocenters. The Balaban J connectivity index is 1.90. The van der Waals surface area contributed by atoms with Gasteiger partial charge in [-0.1, -0.05) is 0 Å². The first-order valence-electron chi connectivity index (χ1n) is 5.24. The summed E-state index contributed by atoms with van der Waals surface area (Å²) in [5.74, 6) is -0.00000436. The minimum Gasteiger partial charge on any atom is -0.382 e. The van der Waals surface area contributed by atoms with Crippen LogP contribution >= 0.6 is 0 Å². The van der Waals surface area contributed by atoms with Gasteiger partial charge in [-0.05, 0) is 13.0 Å². The van der Waals surface area contributed by atoms with E-state index in [9.17, 15) is 4.79 Å². The van der Waals surface area contributed by atoms with E-state index in [1.54, 1.807) is 17.8 Å². The number of H-pyrrole nitrogens is 1. The van der Waals surface area contributed by atoms with Gasteiger partial charge in [0.2, 0.25) is 0 Å². The molecule has 2 aromatic rings. The fourth-order valence-corrected chi connectivity index (χ4v) is 1.54. The molecule has 0 aliphatic heterocycles. The van der Waals surface area contributed by atoms with Gasteiger partial charge < -0.3 is 11.1 Å². The van der Waals surface area contributed by atoms with Gasteiger partial charge in [-0.2, -0.15) is 10.2 Å². The zero-order chi connectivity index (χ0) is 12.3. The van der Waals surface area contributed by atoms with Crippen LogP contribution in [0.15, 0.2) is 18.5 Å². The summed E-state index contributed by atoms with van der Waals surface area (Å²) in [7, 11) is 0. The third kappa shape index (κ3) is 2.44. The molecule has 0 saturated carbocycles. The predicted molar refractivity (Wildman–Crippen MR) is 62.3 cm³/mol. The standard InChI is InChI=1S/C10H14N6O/c1-7-8(9(11)15-14-7)10(17)12-4-6-16-5-2-3-13-16/h2-3,5H,4,6H2,1H3,(H,12,17)(H3,11,14,15). The smallest absolute Gasteiger partial charge is 0.256 e. The highest BCUT2D eigenvalue weighted by Crippen LogP contribution is 2.11. The van der Waals surface area contributed by atoms with Crippen molar-refractivity contribution >= 4 is 11.7 Å². The van der Waals surface area contributed by atoms with Crippen LogP contribution < -0.4 is 11.1 Å². The lowest BCUT2D eigenvalue weighted by Gasteiger charge is -2.05. The van der Waals surface area contributed by atoms with Crippen molar-refractivity contribution in [3.05, 3.63) is 29.7 Å². The van der Waals surface area contributed by atoms with Gasteiger partial charge >= 0.3 is 0 Å². The average Bonchev–Trinajstić information content (AvgIpc) is 2.89. The van der Waals surface area contributed by atoms with Gasteiger partial charge in [-0.15, -0.1) is 0 Å². The van der Waals surface area contributed by atoms with Crippen molar-refractivity contribution in [1.29, 1.82) is 0 Å². The molecule has 0 saturated heterocycles. The van der Waals surface area contributed by atoms with E-state index in [1.807, 2.05) is 12.3 Å². The Morgan fingerprint density at radius 3 is 3.06 bits per heavy atom. The summed E-state index contributed by atoms with van der Waals surface area (Å²) in [5, 5.41) is 13.2. The maximum atomic E-state index is 11.8. The number of amides is 1. The highest BCUT2D eigenvalue weighted by atomic mass is 16.1. The third-order valence-corrected chi connectivity index (χ3v) is 2.39. The molecule has 7 heteroatoms. The molecule has 7 nitrogen and oxygen atoms in total. The molecule has 0 bridgehead atoms. The van der Waals surface area contributed by atoms with Crippen molar-refractivity contribution < 1.29 is 4.79 Å². The van der Waals surface area contributed by atoms with E-state index in [-0.39, 0.29) is 11.7 Å². The van der Waals surface area contributed by atoms with Crippen molar-refractivity contribution in [2.24, 2.45) is 0 Å². The Labute approximate surface area is 98.0 Å². The fourth-order valence-electron chi connectivity index (χ4n) is 1.54. The summed E-state index contributed by atoms with van der Waals surface area (Å²) < 4.78 is 1.74. The number of hydrogen-bond donors (Lipinski definition) is 3. The van der Waals surface area contributed by atoms with E-state index in [4.69, 9.17) is 5.73 Å². The van der Waals surface area contributed by atoms with E-state index >= 15 is 0 Å². The molecule has 1 amide bonds. The van der Waals surface area contributed by atoms with Gasteiger partial charge in [0.25, 0.3) is 5.91 Å². The van der Waals surface area contributed by atoms with Crippen molar-refractivity contribution in [3.8, 4) is 0 Å². The van der Waals surface area contributed by atoms with Crippen LogP contribution in [0.2, 0.25) is 0 Å². The van der Waals surface area contributed by atoms with Gasteiger partial charge in [0.05, 0.1) is 6.54 Å². The lowest BCUT2D eigenvalue weighted by molar-refractivity contribution is 0.0952. The Bertz CT molecular complexity index is 481. The maximum absolute atomic E-state index is 11.8. The van der Waals surface area contributed by atoms with E-state index < -0.39 is 0 Å². The van der Waals surface area contributed by atoms with Crippen molar-refractivity contribution in [2.75, 3.05) is 12.3 Å². The first-order chi connectivity index (χ1) is 8.18.